The number of hydrogen-bond acceptors (Lipinski definition) is 5. The van der Waals surface area contributed by atoms with Crippen molar-refractivity contribution >= 4 is 28.9 Å². The first-order chi connectivity index (χ1) is 16.6. The summed E-state index contributed by atoms with van der Waals surface area (Å²) in [4.78, 5) is 24.6. The van der Waals surface area contributed by atoms with Crippen LogP contribution in [0.5, 0.6) is 11.5 Å². The molecule has 0 atom stereocenters. The van der Waals surface area contributed by atoms with Gasteiger partial charge in [-0.2, -0.15) is 5.10 Å². The highest BCUT2D eigenvalue weighted by Crippen LogP contribution is 2.21. The van der Waals surface area contributed by atoms with E-state index in [2.05, 4.69) is 17.5 Å². The molecule has 1 N–H and O–H groups in total. The Morgan fingerprint density at radius 1 is 0.853 bits per heavy atom. The number of ether oxygens (including phenoxy) is 2. The number of carbonyl (C=O) groups is 2. The predicted octanol–water partition coefficient (Wildman–Crippen LogP) is 5.15. The summed E-state index contributed by atoms with van der Waals surface area (Å²) in [6.45, 7) is 1.94. The Bertz CT molecular complexity index is 1310. The molecule has 6 heteroatoms. The van der Waals surface area contributed by atoms with E-state index < -0.39 is 5.97 Å². The second-order valence-corrected chi connectivity index (χ2v) is 7.56. The summed E-state index contributed by atoms with van der Waals surface area (Å²) in [7, 11) is 0. The van der Waals surface area contributed by atoms with Crippen LogP contribution in [0, 0.1) is 0 Å². The standard InChI is InChI=1S/C28H24N2O4/c1-2-20-10-14-23(15-11-20)33-19-27(31)30-29-18-21-12-16-24(17-13-21)34-28(32)26-9-5-7-22-6-3-4-8-25(22)26/h3-18H,2,19H2,1H3,(H,30,31). The largest absolute Gasteiger partial charge is 0.484 e. The van der Waals surface area contributed by atoms with E-state index in [4.69, 9.17) is 9.47 Å². The highest BCUT2D eigenvalue weighted by atomic mass is 16.5. The number of nitrogens with one attached hydrogen (secondary N) is 1. The molecule has 0 bridgehead atoms. The van der Waals surface area contributed by atoms with Crippen LogP contribution in [0.4, 0.5) is 0 Å². The zero-order valence-corrected chi connectivity index (χ0v) is 18.7. The van der Waals surface area contributed by atoms with Gasteiger partial charge in [0.1, 0.15) is 11.5 Å². The number of carbonyl (C=O) groups excluding carboxylic acids is 2. The van der Waals surface area contributed by atoms with Gasteiger partial charge in [-0.3, -0.25) is 4.79 Å². The summed E-state index contributed by atoms with van der Waals surface area (Å²) in [5, 5.41) is 5.76. The molecule has 0 aromatic heterocycles. The molecule has 34 heavy (non-hydrogen) atoms. The molecule has 0 radical (unpaired) electrons. The van der Waals surface area contributed by atoms with Gasteiger partial charge in [-0.1, -0.05) is 55.5 Å². The van der Waals surface area contributed by atoms with Gasteiger partial charge in [0, 0.05) is 0 Å². The number of hydrazone groups is 1. The van der Waals surface area contributed by atoms with Crippen molar-refractivity contribution in [2.24, 2.45) is 5.10 Å². The Morgan fingerprint density at radius 2 is 1.56 bits per heavy atom. The van der Waals surface area contributed by atoms with Crippen LogP contribution < -0.4 is 14.9 Å². The predicted molar refractivity (Wildman–Crippen MR) is 132 cm³/mol. The fraction of sp³-hybridized carbons (Fsp3) is 0.107. The number of nitrogens with zero attached hydrogens (tertiary/aromatic N) is 1. The van der Waals surface area contributed by atoms with E-state index in [9.17, 15) is 9.59 Å². The Labute approximate surface area is 197 Å². The van der Waals surface area contributed by atoms with E-state index >= 15 is 0 Å². The van der Waals surface area contributed by atoms with Gasteiger partial charge >= 0.3 is 5.97 Å². The molecule has 0 spiro atoms. The average Bonchev–Trinajstić information content (AvgIpc) is 2.88. The molecule has 6 nitrogen and oxygen atoms in total. The summed E-state index contributed by atoms with van der Waals surface area (Å²) in [6.07, 6.45) is 2.45. The van der Waals surface area contributed by atoms with Gasteiger partial charge in [-0.25, -0.2) is 10.2 Å². The smallest absolute Gasteiger partial charge is 0.344 e. The highest BCUT2D eigenvalue weighted by Gasteiger charge is 2.12. The van der Waals surface area contributed by atoms with E-state index in [-0.39, 0.29) is 12.5 Å². The lowest BCUT2D eigenvalue weighted by Crippen LogP contribution is -2.24. The summed E-state index contributed by atoms with van der Waals surface area (Å²) >= 11 is 0. The third-order valence-electron chi connectivity index (χ3n) is 5.20. The molecule has 0 aliphatic carbocycles. The van der Waals surface area contributed by atoms with E-state index in [1.165, 1.54) is 11.8 Å². The minimum atomic E-state index is -0.421. The number of benzene rings is 4. The van der Waals surface area contributed by atoms with E-state index in [0.29, 0.717) is 17.1 Å². The zero-order chi connectivity index (χ0) is 23.8. The number of fused-ring (bicyclic) bond motifs is 1. The Balaban J connectivity index is 1.28. The lowest BCUT2D eigenvalue weighted by atomic mass is 10.0. The molecule has 0 saturated carbocycles. The third-order valence-corrected chi connectivity index (χ3v) is 5.20. The van der Waals surface area contributed by atoms with Crippen LogP contribution in [-0.2, 0) is 11.2 Å². The Hall–Kier alpha value is -4.45. The van der Waals surface area contributed by atoms with Gasteiger partial charge in [0.05, 0.1) is 11.8 Å². The molecule has 0 saturated heterocycles. The third kappa shape index (κ3) is 5.86. The highest BCUT2D eigenvalue weighted by molar-refractivity contribution is 6.05. The molecule has 0 heterocycles. The van der Waals surface area contributed by atoms with Crippen LogP contribution in [0.25, 0.3) is 10.8 Å². The maximum absolute atomic E-state index is 12.6. The Kier molecular flexibility index (Phi) is 7.30. The van der Waals surface area contributed by atoms with E-state index in [1.54, 1.807) is 30.3 Å². The first kappa shape index (κ1) is 22.7. The lowest BCUT2D eigenvalue weighted by molar-refractivity contribution is -0.123. The van der Waals surface area contributed by atoms with Crippen LogP contribution in [0.3, 0.4) is 0 Å². The topological polar surface area (TPSA) is 77.0 Å². The van der Waals surface area contributed by atoms with Gasteiger partial charge in [0.25, 0.3) is 5.91 Å². The normalized spacial score (nSPS) is 10.9. The zero-order valence-electron chi connectivity index (χ0n) is 18.7. The molecular weight excluding hydrogens is 428 g/mol. The van der Waals surface area contributed by atoms with E-state index in [1.807, 2.05) is 60.7 Å². The van der Waals surface area contributed by atoms with Crippen molar-refractivity contribution in [2.45, 2.75) is 13.3 Å². The SMILES string of the molecule is CCc1ccc(OCC(=O)NN=Cc2ccc(OC(=O)c3cccc4ccccc34)cc2)cc1. The van der Waals surface area contributed by atoms with Crippen molar-refractivity contribution in [1.82, 2.24) is 5.43 Å². The lowest BCUT2D eigenvalue weighted by Gasteiger charge is -2.07. The first-order valence-corrected chi connectivity index (χ1v) is 11.0. The maximum atomic E-state index is 12.6. The molecule has 4 rings (SSSR count). The van der Waals surface area contributed by atoms with Crippen molar-refractivity contribution in [3.05, 3.63) is 108 Å². The fourth-order valence-corrected chi connectivity index (χ4v) is 3.37. The molecule has 170 valence electrons. The minimum Gasteiger partial charge on any atom is -0.484 e. The minimum absolute atomic E-state index is 0.133. The second-order valence-electron chi connectivity index (χ2n) is 7.56. The molecular formula is C28H24N2O4. The van der Waals surface area contributed by atoms with Crippen LogP contribution in [0.2, 0.25) is 0 Å². The monoisotopic (exact) mass is 452 g/mol. The van der Waals surface area contributed by atoms with Crippen molar-refractivity contribution in [3.63, 3.8) is 0 Å². The van der Waals surface area contributed by atoms with Gasteiger partial charge in [0.15, 0.2) is 6.61 Å². The van der Waals surface area contributed by atoms with Crippen molar-refractivity contribution in [2.75, 3.05) is 6.61 Å². The fourth-order valence-electron chi connectivity index (χ4n) is 3.37. The van der Waals surface area contributed by atoms with Gasteiger partial charge in [0.2, 0.25) is 0 Å². The number of esters is 1. The summed E-state index contributed by atoms with van der Waals surface area (Å²) in [5.74, 6) is 0.262. The van der Waals surface area contributed by atoms with Crippen LogP contribution in [-0.4, -0.2) is 24.7 Å². The molecule has 0 unspecified atom stereocenters. The van der Waals surface area contributed by atoms with E-state index in [0.717, 1.165) is 22.8 Å². The number of amides is 1. The van der Waals surface area contributed by atoms with Crippen molar-refractivity contribution in [3.8, 4) is 11.5 Å². The maximum Gasteiger partial charge on any atom is 0.344 e. The first-order valence-electron chi connectivity index (χ1n) is 11.0. The molecule has 0 aliphatic rings. The summed E-state index contributed by atoms with van der Waals surface area (Å²) in [5.41, 5.74) is 4.88. The average molecular weight is 453 g/mol. The summed E-state index contributed by atoms with van der Waals surface area (Å²) < 4.78 is 11.0. The van der Waals surface area contributed by atoms with Gasteiger partial charge < -0.3 is 9.47 Å². The van der Waals surface area contributed by atoms with Gasteiger partial charge in [-0.15, -0.1) is 0 Å². The van der Waals surface area contributed by atoms with Crippen molar-refractivity contribution < 1.29 is 19.1 Å². The molecule has 0 aliphatic heterocycles. The van der Waals surface area contributed by atoms with Crippen LogP contribution in [0.1, 0.15) is 28.4 Å². The molecule has 0 fully saturated rings. The quantitative estimate of drug-likeness (QED) is 0.174. The molecule has 4 aromatic rings. The molecule has 1 amide bonds. The van der Waals surface area contributed by atoms with Crippen LogP contribution in [0.15, 0.2) is 96.1 Å². The number of hydrogen-bond donors (Lipinski definition) is 1. The summed E-state index contributed by atoms with van der Waals surface area (Å²) in [6, 6.07) is 27.6. The van der Waals surface area contributed by atoms with Crippen molar-refractivity contribution in [1.29, 1.82) is 0 Å². The van der Waals surface area contributed by atoms with Crippen LogP contribution >= 0.6 is 0 Å². The van der Waals surface area contributed by atoms with Gasteiger partial charge in [-0.05, 0) is 70.8 Å². The second kappa shape index (κ2) is 10.9. The number of rotatable bonds is 8. The Morgan fingerprint density at radius 3 is 2.32 bits per heavy atom. The molecule has 4 aromatic carbocycles. The number of aryl methyl sites for hydroxylation is 1.